The average Bonchev–Trinajstić information content (AvgIpc) is 2.71. The average molecular weight is 233 g/mol. The van der Waals surface area contributed by atoms with Crippen LogP contribution in [0, 0.1) is 0 Å². The molecule has 0 fully saturated rings. The first-order valence-electron chi connectivity index (χ1n) is 5.38. The van der Waals surface area contributed by atoms with Crippen molar-refractivity contribution in [3.63, 3.8) is 0 Å². The second-order valence-electron chi connectivity index (χ2n) is 3.91. The van der Waals surface area contributed by atoms with E-state index in [0.29, 0.717) is 0 Å². The van der Waals surface area contributed by atoms with E-state index in [4.69, 9.17) is 0 Å². The number of esters is 1. The number of nitrogens with zero attached hydrogens (tertiary/aromatic N) is 2. The second-order valence-corrected chi connectivity index (χ2v) is 3.91. The maximum Gasteiger partial charge on any atom is 0.327 e. The van der Waals surface area contributed by atoms with Crippen LogP contribution in [0.2, 0.25) is 0 Å². The second kappa shape index (κ2) is 4.45. The highest BCUT2D eigenvalue weighted by atomic mass is 16.5. The first kappa shape index (κ1) is 11.4. The number of anilines is 1. The Balaban J connectivity index is 2.33. The molecule has 1 N–H and O–H groups in total. The van der Waals surface area contributed by atoms with Crippen LogP contribution in [0.15, 0.2) is 24.5 Å². The number of aromatic nitrogens is 2. The van der Waals surface area contributed by atoms with E-state index in [1.165, 1.54) is 7.11 Å². The predicted octanol–water partition coefficient (Wildman–Crippen LogP) is 1.55. The van der Waals surface area contributed by atoms with E-state index in [1.54, 1.807) is 13.1 Å². The molecule has 1 unspecified atom stereocenters. The van der Waals surface area contributed by atoms with E-state index in [9.17, 15) is 4.79 Å². The van der Waals surface area contributed by atoms with Crippen molar-refractivity contribution >= 4 is 22.7 Å². The molecule has 0 aliphatic rings. The zero-order valence-electron chi connectivity index (χ0n) is 10.1. The molecule has 0 aliphatic heterocycles. The van der Waals surface area contributed by atoms with Crippen LogP contribution in [-0.2, 0) is 16.6 Å². The lowest BCUT2D eigenvalue weighted by molar-refractivity contribution is -0.141. The van der Waals surface area contributed by atoms with Crippen molar-refractivity contribution in [3.05, 3.63) is 24.5 Å². The third kappa shape index (κ3) is 2.08. The molecule has 2 heterocycles. The third-order valence-corrected chi connectivity index (χ3v) is 2.69. The van der Waals surface area contributed by atoms with Gasteiger partial charge >= 0.3 is 5.97 Å². The fourth-order valence-electron chi connectivity index (χ4n) is 1.76. The van der Waals surface area contributed by atoms with Gasteiger partial charge in [-0.15, -0.1) is 0 Å². The largest absolute Gasteiger partial charge is 0.467 e. The van der Waals surface area contributed by atoms with Crippen molar-refractivity contribution in [2.75, 3.05) is 12.4 Å². The van der Waals surface area contributed by atoms with E-state index in [1.807, 2.05) is 29.9 Å². The highest BCUT2D eigenvalue weighted by Crippen LogP contribution is 2.22. The van der Waals surface area contributed by atoms with Gasteiger partial charge in [-0.2, -0.15) is 0 Å². The number of aryl methyl sites for hydroxylation is 1. The first-order valence-corrected chi connectivity index (χ1v) is 5.38. The number of hydrogen-bond acceptors (Lipinski definition) is 4. The van der Waals surface area contributed by atoms with Crippen LogP contribution >= 0.6 is 0 Å². The molecular formula is C12H15N3O2. The van der Waals surface area contributed by atoms with Crippen molar-refractivity contribution in [2.24, 2.45) is 7.05 Å². The molecule has 2 aromatic rings. The molecule has 0 saturated heterocycles. The molecule has 90 valence electrons. The van der Waals surface area contributed by atoms with Crippen LogP contribution in [0.5, 0.6) is 0 Å². The standard InChI is InChI=1S/C12H15N3O2/c1-8(12(16)17-3)14-10-4-6-13-11-9(10)5-7-15(11)2/h4-8H,1-3H3,(H,13,14). The zero-order chi connectivity index (χ0) is 12.4. The number of rotatable bonds is 3. The molecule has 0 aliphatic carbocycles. The summed E-state index contributed by atoms with van der Waals surface area (Å²) in [5.41, 5.74) is 1.76. The molecule has 5 heteroatoms. The summed E-state index contributed by atoms with van der Waals surface area (Å²) in [6.45, 7) is 1.76. The van der Waals surface area contributed by atoms with Crippen LogP contribution in [0.4, 0.5) is 5.69 Å². The molecule has 0 amide bonds. The van der Waals surface area contributed by atoms with Gasteiger partial charge in [-0.25, -0.2) is 9.78 Å². The number of fused-ring (bicyclic) bond motifs is 1. The summed E-state index contributed by atoms with van der Waals surface area (Å²) in [4.78, 5) is 15.6. The monoisotopic (exact) mass is 233 g/mol. The molecule has 0 radical (unpaired) electrons. The maximum atomic E-state index is 11.4. The quantitative estimate of drug-likeness (QED) is 0.817. The molecular weight excluding hydrogens is 218 g/mol. The van der Waals surface area contributed by atoms with Crippen molar-refractivity contribution < 1.29 is 9.53 Å². The van der Waals surface area contributed by atoms with Gasteiger partial charge in [-0.05, 0) is 19.1 Å². The van der Waals surface area contributed by atoms with Crippen LogP contribution < -0.4 is 5.32 Å². The summed E-state index contributed by atoms with van der Waals surface area (Å²) in [5, 5.41) is 4.11. The molecule has 0 aromatic carbocycles. The summed E-state index contributed by atoms with van der Waals surface area (Å²) < 4.78 is 6.61. The Kier molecular flexibility index (Phi) is 2.99. The van der Waals surface area contributed by atoms with Crippen molar-refractivity contribution in [1.82, 2.24) is 9.55 Å². The maximum absolute atomic E-state index is 11.4. The molecule has 0 spiro atoms. The Bertz CT molecular complexity index is 548. The van der Waals surface area contributed by atoms with E-state index < -0.39 is 0 Å². The number of pyridine rings is 1. The number of nitrogens with one attached hydrogen (secondary N) is 1. The van der Waals surface area contributed by atoms with Crippen molar-refractivity contribution in [2.45, 2.75) is 13.0 Å². The van der Waals surface area contributed by atoms with Gasteiger partial charge in [-0.1, -0.05) is 0 Å². The highest BCUT2D eigenvalue weighted by Gasteiger charge is 2.14. The van der Waals surface area contributed by atoms with Gasteiger partial charge in [0.1, 0.15) is 11.7 Å². The number of methoxy groups -OCH3 is 1. The normalized spacial score (nSPS) is 12.4. The van der Waals surface area contributed by atoms with Gasteiger partial charge in [0.25, 0.3) is 0 Å². The van der Waals surface area contributed by atoms with Gasteiger partial charge in [0, 0.05) is 30.5 Å². The van der Waals surface area contributed by atoms with E-state index in [2.05, 4.69) is 15.0 Å². The molecule has 2 rings (SSSR count). The lowest BCUT2D eigenvalue weighted by Gasteiger charge is -2.13. The fourth-order valence-corrected chi connectivity index (χ4v) is 1.76. The summed E-state index contributed by atoms with van der Waals surface area (Å²) in [6, 6.07) is 3.43. The summed E-state index contributed by atoms with van der Waals surface area (Å²) in [6.07, 6.45) is 3.65. The van der Waals surface area contributed by atoms with Crippen molar-refractivity contribution in [3.8, 4) is 0 Å². The highest BCUT2D eigenvalue weighted by molar-refractivity contribution is 5.91. The minimum absolute atomic E-state index is 0.286. The number of hydrogen-bond donors (Lipinski definition) is 1. The Morgan fingerprint density at radius 3 is 3.00 bits per heavy atom. The van der Waals surface area contributed by atoms with Gasteiger partial charge in [0.15, 0.2) is 0 Å². The SMILES string of the molecule is COC(=O)C(C)Nc1ccnc2c1ccn2C. The number of ether oxygens (including phenoxy) is 1. The van der Waals surface area contributed by atoms with Gasteiger partial charge < -0.3 is 14.6 Å². The molecule has 5 nitrogen and oxygen atoms in total. The lowest BCUT2D eigenvalue weighted by Crippen LogP contribution is -2.27. The van der Waals surface area contributed by atoms with Crippen LogP contribution in [0.1, 0.15) is 6.92 Å². The molecule has 0 saturated carbocycles. The minimum Gasteiger partial charge on any atom is -0.467 e. The smallest absolute Gasteiger partial charge is 0.327 e. The molecule has 1 atom stereocenters. The lowest BCUT2D eigenvalue weighted by atomic mass is 10.2. The number of carbonyl (C=O) groups is 1. The topological polar surface area (TPSA) is 56.1 Å². The molecule has 0 bridgehead atoms. The molecule has 17 heavy (non-hydrogen) atoms. The summed E-state index contributed by atoms with van der Waals surface area (Å²) >= 11 is 0. The summed E-state index contributed by atoms with van der Waals surface area (Å²) in [7, 11) is 3.31. The predicted molar refractivity (Wildman–Crippen MR) is 65.8 cm³/mol. The Labute approximate surface area is 99.4 Å². The summed E-state index contributed by atoms with van der Waals surface area (Å²) in [5.74, 6) is -0.286. The van der Waals surface area contributed by atoms with Crippen LogP contribution in [0.25, 0.3) is 11.0 Å². The Hall–Kier alpha value is -2.04. The first-order chi connectivity index (χ1) is 8.13. The fraction of sp³-hybridized carbons (Fsp3) is 0.333. The van der Waals surface area contributed by atoms with Crippen molar-refractivity contribution in [1.29, 1.82) is 0 Å². The third-order valence-electron chi connectivity index (χ3n) is 2.69. The van der Waals surface area contributed by atoms with E-state index in [0.717, 1.165) is 16.7 Å². The Morgan fingerprint density at radius 2 is 2.29 bits per heavy atom. The molecule has 2 aromatic heterocycles. The van der Waals surface area contributed by atoms with Crippen LogP contribution in [0.3, 0.4) is 0 Å². The number of carbonyl (C=O) groups excluding carboxylic acids is 1. The van der Waals surface area contributed by atoms with Gasteiger partial charge in [-0.3, -0.25) is 0 Å². The van der Waals surface area contributed by atoms with Gasteiger partial charge in [0.05, 0.1) is 7.11 Å². The minimum atomic E-state index is -0.384. The van der Waals surface area contributed by atoms with E-state index >= 15 is 0 Å². The van der Waals surface area contributed by atoms with Crippen LogP contribution in [-0.4, -0.2) is 28.7 Å². The van der Waals surface area contributed by atoms with Gasteiger partial charge in [0.2, 0.25) is 0 Å². The Morgan fingerprint density at radius 1 is 1.53 bits per heavy atom. The zero-order valence-corrected chi connectivity index (χ0v) is 10.1. The van der Waals surface area contributed by atoms with E-state index in [-0.39, 0.29) is 12.0 Å².